The molecule has 0 aliphatic heterocycles. The SMILES string of the molecule is O=C(Nc1ccc(N(c2ccc(N(c3ccc(NC(=O)c4ccc([N+](=O)[O-])cc4)cc3)c3ccc4ccccc4c3)cc2)c2ccc3ccccc3c2)cc1)c1ccc([N+](=O)[O-])cc1. The Morgan fingerprint density at radius 1 is 0.359 bits per heavy atom. The smallest absolute Gasteiger partial charge is 0.269 e. The summed E-state index contributed by atoms with van der Waals surface area (Å²) in [6.45, 7) is 0. The number of hydrogen-bond donors (Lipinski definition) is 2. The number of nitrogens with zero attached hydrogens (tertiary/aromatic N) is 4. The lowest BCUT2D eigenvalue weighted by Gasteiger charge is -2.29. The third kappa shape index (κ3) is 8.55. The minimum Gasteiger partial charge on any atom is -0.322 e. The Morgan fingerprint density at radius 3 is 0.984 bits per heavy atom. The van der Waals surface area contributed by atoms with Crippen molar-refractivity contribution >= 4 is 90.2 Å². The number of carbonyl (C=O) groups is 2. The third-order valence-corrected chi connectivity index (χ3v) is 10.8. The number of benzene rings is 9. The summed E-state index contributed by atoms with van der Waals surface area (Å²) in [5, 5.41) is 32.3. The van der Waals surface area contributed by atoms with Gasteiger partial charge in [-0.2, -0.15) is 0 Å². The largest absolute Gasteiger partial charge is 0.322 e. The predicted molar refractivity (Wildman–Crippen MR) is 253 cm³/mol. The van der Waals surface area contributed by atoms with Crippen LogP contribution in [0.15, 0.2) is 206 Å². The molecule has 0 radical (unpaired) electrons. The van der Waals surface area contributed by atoms with Gasteiger partial charge >= 0.3 is 0 Å². The van der Waals surface area contributed by atoms with Gasteiger partial charge in [0.25, 0.3) is 23.2 Å². The number of rotatable bonds is 12. The molecule has 0 spiro atoms. The van der Waals surface area contributed by atoms with Gasteiger partial charge < -0.3 is 20.4 Å². The topological polar surface area (TPSA) is 151 Å². The second kappa shape index (κ2) is 17.4. The van der Waals surface area contributed by atoms with Crippen molar-refractivity contribution in [2.24, 2.45) is 0 Å². The quantitative estimate of drug-likeness (QED) is 0.0911. The van der Waals surface area contributed by atoms with Crippen LogP contribution in [0, 0.1) is 20.2 Å². The highest BCUT2D eigenvalue weighted by molar-refractivity contribution is 6.05. The highest BCUT2D eigenvalue weighted by Gasteiger charge is 2.19. The number of hydrogen-bond acceptors (Lipinski definition) is 8. The average molecular weight is 841 g/mol. The monoisotopic (exact) mass is 840 g/mol. The molecule has 12 heteroatoms. The molecule has 64 heavy (non-hydrogen) atoms. The fourth-order valence-corrected chi connectivity index (χ4v) is 7.54. The molecule has 0 bridgehead atoms. The number of fused-ring (bicyclic) bond motifs is 2. The van der Waals surface area contributed by atoms with Gasteiger partial charge in [0.15, 0.2) is 0 Å². The van der Waals surface area contributed by atoms with Crippen LogP contribution in [-0.2, 0) is 0 Å². The van der Waals surface area contributed by atoms with Gasteiger partial charge in [-0.3, -0.25) is 29.8 Å². The molecule has 0 aliphatic rings. The summed E-state index contributed by atoms with van der Waals surface area (Å²) in [7, 11) is 0. The number of nitrogens with one attached hydrogen (secondary N) is 2. The summed E-state index contributed by atoms with van der Waals surface area (Å²) in [6, 6.07) is 63.1. The number of nitro benzene ring substituents is 2. The molecule has 0 saturated heterocycles. The van der Waals surface area contributed by atoms with E-state index in [1.165, 1.54) is 48.5 Å². The third-order valence-electron chi connectivity index (χ3n) is 10.8. The van der Waals surface area contributed by atoms with Crippen LogP contribution < -0.4 is 20.4 Å². The van der Waals surface area contributed by atoms with Crippen LogP contribution in [0.4, 0.5) is 56.9 Å². The molecule has 310 valence electrons. The predicted octanol–water partition coefficient (Wildman–Crippen LogP) is 13.3. The second-order valence-electron chi connectivity index (χ2n) is 14.9. The Hall–Kier alpha value is -9.16. The minimum atomic E-state index is -0.506. The summed E-state index contributed by atoms with van der Waals surface area (Å²) in [4.78, 5) is 51.6. The van der Waals surface area contributed by atoms with E-state index in [2.05, 4.69) is 105 Å². The Kier molecular flexibility index (Phi) is 11.0. The van der Waals surface area contributed by atoms with Crippen molar-refractivity contribution in [3.63, 3.8) is 0 Å². The van der Waals surface area contributed by atoms with Crippen LogP contribution in [0.5, 0.6) is 0 Å². The number of amides is 2. The van der Waals surface area contributed by atoms with Gasteiger partial charge in [-0.05, 0) is 143 Å². The molecule has 9 aromatic rings. The van der Waals surface area contributed by atoms with Crippen molar-refractivity contribution in [1.29, 1.82) is 0 Å². The van der Waals surface area contributed by atoms with Crippen molar-refractivity contribution in [2.75, 3.05) is 20.4 Å². The first kappa shape index (κ1) is 40.3. The number of anilines is 8. The number of carbonyl (C=O) groups excluding carboxylic acids is 2. The lowest BCUT2D eigenvalue weighted by atomic mass is 10.1. The summed E-state index contributed by atoms with van der Waals surface area (Å²) in [5.41, 5.74) is 6.82. The molecule has 2 amide bonds. The Labute approximate surface area is 366 Å². The molecule has 0 aliphatic carbocycles. The van der Waals surface area contributed by atoms with E-state index in [9.17, 15) is 29.8 Å². The van der Waals surface area contributed by atoms with Crippen molar-refractivity contribution < 1.29 is 19.4 Å². The Bertz CT molecular complexity index is 2980. The average Bonchev–Trinajstić information content (AvgIpc) is 3.33. The van der Waals surface area contributed by atoms with Crippen molar-refractivity contribution in [3.8, 4) is 0 Å². The first-order valence-electron chi connectivity index (χ1n) is 20.2. The maximum absolute atomic E-state index is 13.0. The van der Waals surface area contributed by atoms with Crippen LogP contribution in [0.2, 0.25) is 0 Å². The van der Waals surface area contributed by atoms with Gasteiger partial charge in [-0.15, -0.1) is 0 Å². The second-order valence-corrected chi connectivity index (χ2v) is 14.9. The molecule has 9 rings (SSSR count). The molecule has 0 aromatic heterocycles. The summed E-state index contributed by atoms with van der Waals surface area (Å²) in [5.74, 6) is -0.774. The summed E-state index contributed by atoms with van der Waals surface area (Å²) < 4.78 is 0. The molecule has 0 heterocycles. The molecule has 2 N–H and O–H groups in total. The van der Waals surface area contributed by atoms with E-state index < -0.39 is 9.85 Å². The minimum absolute atomic E-state index is 0.0930. The van der Waals surface area contributed by atoms with Gasteiger partial charge in [0.1, 0.15) is 0 Å². The maximum atomic E-state index is 13.0. The molecular weight excluding hydrogens is 805 g/mol. The lowest BCUT2D eigenvalue weighted by molar-refractivity contribution is -0.385. The zero-order valence-corrected chi connectivity index (χ0v) is 33.9. The Morgan fingerprint density at radius 2 is 0.656 bits per heavy atom. The first-order valence-corrected chi connectivity index (χ1v) is 20.2. The van der Waals surface area contributed by atoms with Gasteiger partial charge in [0, 0.05) is 80.9 Å². The van der Waals surface area contributed by atoms with E-state index in [0.29, 0.717) is 22.5 Å². The normalized spacial score (nSPS) is 10.9. The lowest BCUT2D eigenvalue weighted by Crippen LogP contribution is -2.14. The van der Waals surface area contributed by atoms with Crippen LogP contribution in [0.25, 0.3) is 21.5 Å². The van der Waals surface area contributed by atoms with Gasteiger partial charge in [0.2, 0.25) is 0 Å². The van der Waals surface area contributed by atoms with E-state index in [1.54, 1.807) is 0 Å². The molecule has 0 fully saturated rings. The summed E-state index contributed by atoms with van der Waals surface area (Å²) in [6.07, 6.45) is 0. The number of nitro groups is 2. The van der Waals surface area contributed by atoms with Crippen LogP contribution >= 0.6 is 0 Å². The highest BCUT2D eigenvalue weighted by Crippen LogP contribution is 2.41. The fraction of sp³-hybridized carbons (Fsp3) is 0. The summed E-state index contributed by atoms with van der Waals surface area (Å²) >= 11 is 0. The van der Waals surface area contributed by atoms with Crippen LogP contribution in [0.3, 0.4) is 0 Å². The van der Waals surface area contributed by atoms with Crippen molar-refractivity contribution in [2.45, 2.75) is 0 Å². The maximum Gasteiger partial charge on any atom is 0.269 e. The van der Waals surface area contributed by atoms with E-state index in [1.807, 2.05) is 72.8 Å². The van der Waals surface area contributed by atoms with Crippen LogP contribution in [-0.4, -0.2) is 21.7 Å². The molecule has 0 unspecified atom stereocenters. The van der Waals surface area contributed by atoms with Crippen molar-refractivity contribution in [3.05, 3.63) is 238 Å². The Balaban J connectivity index is 1.04. The number of non-ortho nitro benzene ring substituents is 2. The molecule has 9 aromatic carbocycles. The molecular formula is C52H36N6O6. The standard InChI is InChI=1S/C52H36N6O6/c59-51(37-11-19-47(20-12-37)57(61)62)53-41-15-25-43(26-16-41)55(49-23-9-35-5-1-3-7-39(35)33-49)45-29-31-46(32-30-45)56(50-24-10-36-6-2-4-8-40(36)34-50)44-27-17-42(18-28-44)54-52(60)38-13-21-48(22-14-38)58(63)64/h1-34H,(H,53,59)(H,54,60). The molecule has 12 nitrogen and oxygen atoms in total. The van der Waals surface area contributed by atoms with Gasteiger partial charge in [-0.25, -0.2) is 0 Å². The molecule has 0 atom stereocenters. The highest BCUT2D eigenvalue weighted by atomic mass is 16.6. The van der Waals surface area contributed by atoms with Crippen LogP contribution in [0.1, 0.15) is 20.7 Å². The van der Waals surface area contributed by atoms with E-state index in [-0.39, 0.29) is 23.2 Å². The fourth-order valence-electron chi connectivity index (χ4n) is 7.54. The van der Waals surface area contributed by atoms with E-state index in [0.717, 1.165) is 55.7 Å². The van der Waals surface area contributed by atoms with E-state index >= 15 is 0 Å². The zero-order chi connectivity index (χ0) is 44.2. The van der Waals surface area contributed by atoms with E-state index in [4.69, 9.17) is 0 Å². The van der Waals surface area contributed by atoms with Crippen molar-refractivity contribution in [1.82, 2.24) is 0 Å². The first-order chi connectivity index (χ1) is 31.2. The molecule has 0 saturated carbocycles. The van der Waals surface area contributed by atoms with Gasteiger partial charge in [-0.1, -0.05) is 60.7 Å². The van der Waals surface area contributed by atoms with Gasteiger partial charge in [0.05, 0.1) is 9.85 Å². The zero-order valence-electron chi connectivity index (χ0n) is 33.9.